The maximum Gasteiger partial charge on any atom is 0.224 e. The van der Waals surface area contributed by atoms with Gasteiger partial charge in [-0.25, -0.2) is 12.7 Å². The van der Waals surface area contributed by atoms with E-state index in [1.807, 2.05) is 96.9 Å². The fourth-order valence-corrected chi connectivity index (χ4v) is 9.02. The van der Waals surface area contributed by atoms with E-state index >= 15 is 0 Å². The summed E-state index contributed by atoms with van der Waals surface area (Å²) in [7, 11) is 21.7. The number of amides is 3. The second kappa shape index (κ2) is 65.6. The van der Waals surface area contributed by atoms with Crippen LogP contribution >= 0.6 is 28.2 Å². The minimum Gasteiger partial charge on any atom is -0.792 e. The Bertz CT molecular complexity index is 1900. The van der Waals surface area contributed by atoms with Crippen molar-refractivity contribution in [3.63, 3.8) is 0 Å². The number of hydrogen-bond donors (Lipinski definition) is 15. The summed E-state index contributed by atoms with van der Waals surface area (Å²) in [5.41, 5.74) is 9.91. The number of likely N-dealkylation sites (N-methyl/N-ethyl adjacent to an activating group) is 6. The summed E-state index contributed by atoms with van der Waals surface area (Å²) < 4.78 is 50.5. The third kappa shape index (κ3) is 70.7. The van der Waals surface area contributed by atoms with Crippen molar-refractivity contribution in [2.75, 3.05) is 159 Å². The number of nitrogens with zero attached hydrogens (tertiary/aromatic N) is 5. The zero-order valence-electron chi connectivity index (χ0n) is 59.2. The monoisotopic (exact) mass is 1660 g/mol. The molecular formula is C55H136AcN14O14P3S4-. The van der Waals surface area contributed by atoms with Crippen LogP contribution in [-0.2, 0) is 63.4 Å². The number of rotatable bonds is 34. The molecule has 3 amide bonds. The molecule has 1 saturated heterocycles. The Morgan fingerprint density at radius 3 is 1.04 bits per heavy atom. The number of nitrogens with two attached hydrogens (primary N) is 2. The van der Waals surface area contributed by atoms with Gasteiger partial charge in [0.15, 0.2) is 0 Å². The molecule has 0 aromatic carbocycles. The molecule has 1 aliphatic heterocycles. The second-order valence-electron chi connectivity index (χ2n) is 23.4. The van der Waals surface area contributed by atoms with E-state index < -0.39 is 68.0 Å². The van der Waals surface area contributed by atoms with E-state index in [0.29, 0.717) is 56.4 Å². The summed E-state index contributed by atoms with van der Waals surface area (Å²) in [4.78, 5) is 42.6. The van der Waals surface area contributed by atoms with Gasteiger partial charge < -0.3 is 100 Å². The number of ether oxygens (including phenoxy) is 1. The number of aliphatic hydroxyl groups is 6. The maximum absolute atomic E-state index is 11.8. The minimum atomic E-state index is -3.37. The number of carbonyl (C=O) groups is 3. The van der Waals surface area contributed by atoms with Crippen LogP contribution in [0.1, 0.15) is 76.7 Å². The van der Waals surface area contributed by atoms with E-state index in [4.69, 9.17) is 28.2 Å². The zero-order chi connectivity index (χ0) is 71.8. The number of aliphatic hydroxyl groups excluding tert-OH is 6. The number of epoxide rings is 1. The molecule has 1 aliphatic rings. The molecular weight excluding hydrogens is 1530 g/mol. The molecule has 1 rings (SSSR count). The number of hydrogen-bond acceptors (Lipinski definition) is 25. The van der Waals surface area contributed by atoms with E-state index in [0.717, 1.165) is 17.2 Å². The molecule has 1 radical (unpaired) electrons. The van der Waals surface area contributed by atoms with Crippen LogP contribution in [0.5, 0.6) is 0 Å². The molecule has 22 atom stereocenters. The molecule has 0 aromatic rings. The molecule has 0 spiro atoms. The molecule has 8 unspecified atom stereocenters. The van der Waals surface area contributed by atoms with Gasteiger partial charge in [-0.15, -0.1) is 0 Å². The first kappa shape index (κ1) is 111. The molecule has 1 heterocycles. The molecule has 553 valence electrons. The third-order valence-electron chi connectivity index (χ3n) is 12.5. The predicted molar refractivity (Wildman–Crippen MR) is 389 cm³/mol. The standard InChI is InChI=1S/C11H24N2O5S2.C11H24N2O3S.C10H22N2O2S.C6H17N2OP.C6H16N2O.C5H15N2OP.C4H10NOP.CH5N.CH4.Ac/c1-8(7-19(4)16)11(15)12-9(2)10(14)6-13(3)20(5,17)18;1-8(7-17(5)16)11(15)12-9(2)10(14)6-13(3)4;1-7(6-15)10(14)11-8(2)9(13)5-12(3)4;1-5(7-10)6(9)4-8(2)3;1-5(7)6(9)4-8(2)3;1-4(7-9)5(8)3-6-2;1-3(5-7)4-2-6-4;1-2;;/h8-10,14H,6-7H2,1-5H3,(H,12,15);8-10,14H,6-7H2,1-5H3,(H,12,15);7-9,13,15H,5-6H2,1-4H3,(H,11,14);5-7,9H,4,10H2,1-3H3;5-6,9H,4,7H2,1-3H3;4-8H,3,9H2,1-2H3;3-5H,2,7H2,1H3;2H2,1H3;1H4;/p-1/t8?,9-,10+,19?;8?,9-,10+,17?;7?,8-,9+;2*5-,6+;4-,5+;3-,4+;;;/m0000000.../s1. The van der Waals surface area contributed by atoms with Gasteiger partial charge in [0.1, 0.15) is 0 Å². The van der Waals surface area contributed by atoms with Gasteiger partial charge in [-0.3, -0.25) is 38.1 Å². The van der Waals surface area contributed by atoms with Crippen molar-refractivity contribution < 1.29 is 111 Å². The molecule has 36 heteroatoms. The van der Waals surface area contributed by atoms with Gasteiger partial charge in [0.2, 0.25) is 27.7 Å². The van der Waals surface area contributed by atoms with Crippen LogP contribution in [0.3, 0.4) is 0 Å². The van der Waals surface area contributed by atoms with Gasteiger partial charge in [0.05, 0.1) is 73.7 Å². The Kier molecular flexibility index (Phi) is 79.8. The van der Waals surface area contributed by atoms with Crippen molar-refractivity contribution in [3.8, 4) is 0 Å². The Labute approximate surface area is 606 Å². The summed E-state index contributed by atoms with van der Waals surface area (Å²) in [6.45, 7) is 21.9. The summed E-state index contributed by atoms with van der Waals surface area (Å²) in [6, 6.07) is -0.520. The molecule has 28 nitrogen and oxygen atoms in total. The van der Waals surface area contributed by atoms with Crippen molar-refractivity contribution in [1.82, 2.24) is 60.4 Å². The van der Waals surface area contributed by atoms with Crippen molar-refractivity contribution in [1.29, 1.82) is 0 Å². The van der Waals surface area contributed by atoms with Crippen LogP contribution < -0.4 is 48.0 Å². The first-order valence-electron chi connectivity index (χ1n) is 29.4. The van der Waals surface area contributed by atoms with Gasteiger partial charge in [-0.2, -0.15) is 5.75 Å². The van der Waals surface area contributed by atoms with E-state index in [1.54, 1.807) is 54.7 Å². The Hall–Kier alpha value is 1.02. The smallest absolute Gasteiger partial charge is 0.224 e. The zero-order valence-corrected chi connectivity index (χ0v) is 70.6. The van der Waals surface area contributed by atoms with E-state index in [-0.39, 0.29) is 136 Å². The van der Waals surface area contributed by atoms with Crippen molar-refractivity contribution >= 4 is 90.1 Å². The van der Waals surface area contributed by atoms with Gasteiger partial charge in [-0.1, -0.05) is 56.4 Å². The fourth-order valence-electron chi connectivity index (χ4n) is 6.07. The fraction of sp³-hybridized carbons (Fsp3) is 0.945. The molecule has 0 bridgehead atoms. The van der Waals surface area contributed by atoms with Crippen molar-refractivity contribution in [2.24, 2.45) is 29.2 Å². The number of carbonyl (C=O) groups excluding carboxylic acids is 3. The summed E-state index contributed by atoms with van der Waals surface area (Å²) in [6.07, 6.45) is 1.43. The number of sulfonamides is 1. The quantitative estimate of drug-likeness (QED) is 0.0168. The van der Waals surface area contributed by atoms with Crippen LogP contribution in [0, 0.1) is 61.8 Å². The molecule has 91 heavy (non-hydrogen) atoms. The average molecular weight is 1670 g/mol. The molecule has 0 aromatic heterocycles. The van der Waals surface area contributed by atoms with Crippen LogP contribution in [0.2, 0.25) is 0 Å². The molecule has 1 fully saturated rings. The first-order valence-corrected chi connectivity index (χ1v) is 37.0. The van der Waals surface area contributed by atoms with E-state index in [9.17, 15) is 56.8 Å². The van der Waals surface area contributed by atoms with E-state index in [2.05, 4.69) is 77.4 Å². The Balaban J connectivity index is -0.000000125. The first-order chi connectivity index (χ1) is 40.7. The van der Waals surface area contributed by atoms with Gasteiger partial charge in [0, 0.05) is 178 Å². The normalized spacial score (nSPS) is 18.3. The van der Waals surface area contributed by atoms with Crippen molar-refractivity contribution in [2.45, 2.75) is 162 Å². The van der Waals surface area contributed by atoms with Crippen LogP contribution in [-0.4, -0.2) is 334 Å². The third-order valence-corrected chi connectivity index (χ3v) is 17.8. The summed E-state index contributed by atoms with van der Waals surface area (Å²) in [5, 5.41) is 76.8. The maximum atomic E-state index is 11.8. The molecule has 0 saturated carbocycles. The Morgan fingerprint density at radius 2 is 0.835 bits per heavy atom. The Morgan fingerprint density at radius 1 is 0.560 bits per heavy atom. The van der Waals surface area contributed by atoms with Crippen LogP contribution in [0.4, 0.5) is 0 Å². The average Bonchev–Trinajstić information content (AvgIpc) is 3.39. The van der Waals surface area contributed by atoms with Gasteiger partial charge in [0.25, 0.3) is 0 Å². The topological polar surface area (TPSA) is 406 Å². The molecule has 17 N–H and O–H groups in total. The minimum absolute atomic E-state index is 0. The SMILES string of the molecule is C.CC(CS(C)=O)C(=O)N[C@@H](C)[C@H](O)CN(C)C.CC(CS(C)=O)C(=O)N[C@@H](C)[C@H](O)CN(C)S(C)(=O)=O.CC(C[S-])C(=O)N[C@@H](C)[C@H](O)CN(C)C.CN.CNC[C@@H](O)[C@H](C)NP.C[C@H](N)[C@H](O)CN(C)C.C[C@H](NP)[C@H](O)CN(C)C.C[C@H](NP)[C@H]1CO1.[Ac]. The van der Waals surface area contributed by atoms with Gasteiger partial charge >= 0.3 is 0 Å². The molecule has 0 aliphatic carbocycles. The summed E-state index contributed by atoms with van der Waals surface area (Å²) >= 11 is 4.81. The van der Waals surface area contributed by atoms with E-state index in [1.165, 1.54) is 20.4 Å². The summed E-state index contributed by atoms with van der Waals surface area (Å²) in [5.74, 6) is -0.454. The van der Waals surface area contributed by atoms with Crippen molar-refractivity contribution in [3.05, 3.63) is 0 Å². The second-order valence-corrected chi connectivity index (χ2v) is 29.8. The van der Waals surface area contributed by atoms with Crippen LogP contribution in [0.15, 0.2) is 0 Å². The number of nitrogens with one attached hydrogen (secondary N) is 7. The van der Waals surface area contributed by atoms with Gasteiger partial charge in [-0.05, 0) is 119 Å². The van der Waals surface area contributed by atoms with Crippen LogP contribution in [0.25, 0.3) is 0 Å². The predicted octanol–water partition coefficient (Wildman–Crippen LogP) is -3.58. The largest absolute Gasteiger partial charge is 0.792 e.